The van der Waals surface area contributed by atoms with Gasteiger partial charge in [0.1, 0.15) is 5.69 Å². The summed E-state index contributed by atoms with van der Waals surface area (Å²) in [6.45, 7) is 1.34. The Kier molecular flexibility index (Phi) is 3.83. The van der Waals surface area contributed by atoms with Gasteiger partial charge in [0.2, 0.25) is 0 Å². The highest BCUT2D eigenvalue weighted by Gasteiger charge is 2.28. The molecule has 4 heterocycles. The summed E-state index contributed by atoms with van der Waals surface area (Å²) in [5, 5.41) is 19.5. The Morgan fingerprint density at radius 1 is 1.26 bits per heavy atom. The lowest BCUT2D eigenvalue weighted by Gasteiger charge is -2.30. The molecule has 0 radical (unpaired) electrons. The van der Waals surface area contributed by atoms with E-state index in [2.05, 4.69) is 20.5 Å². The van der Waals surface area contributed by atoms with Gasteiger partial charge < -0.3 is 15.3 Å². The Morgan fingerprint density at radius 3 is 2.70 bits per heavy atom. The minimum atomic E-state index is -1.24. The van der Waals surface area contributed by atoms with Gasteiger partial charge in [0.05, 0.1) is 11.8 Å². The molecular weight excluding hydrogens is 354 g/mol. The van der Waals surface area contributed by atoms with Gasteiger partial charge in [-0.2, -0.15) is 5.10 Å². The number of carboxylic acids is 1. The fourth-order valence-electron chi connectivity index (χ4n) is 2.79. The van der Waals surface area contributed by atoms with Crippen LogP contribution in [0.15, 0.2) is 24.5 Å². The van der Waals surface area contributed by atoms with Crippen LogP contribution in [-0.2, 0) is 7.05 Å². The summed E-state index contributed by atoms with van der Waals surface area (Å²) < 4.78 is 2.64. The van der Waals surface area contributed by atoms with E-state index in [0.717, 1.165) is 6.42 Å². The van der Waals surface area contributed by atoms with Crippen LogP contribution in [-0.4, -0.2) is 65.3 Å². The van der Waals surface area contributed by atoms with Gasteiger partial charge in [-0.3, -0.25) is 14.3 Å². The van der Waals surface area contributed by atoms with Crippen LogP contribution in [0.1, 0.15) is 37.9 Å². The van der Waals surface area contributed by atoms with Gasteiger partial charge in [0.15, 0.2) is 5.65 Å². The number of pyridine rings is 1. The number of hydrogen-bond acceptors (Lipinski definition) is 6. The number of carboxylic acid groups (broad SMARTS) is 1. The van der Waals surface area contributed by atoms with Crippen molar-refractivity contribution in [3.63, 3.8) is 0 Å². The van der Waals surface area contributed by atoms with E-state index in [4.69, 9.17) is 5.11 Å². The first-order chi connectivity index (χ1) is 12.9. The fraction of sp³-hybridized carbons (Fsp3) is 0.250. The maximum atomic E-state index is 12.7. The van der Waals surface area contributed by atoms with Crippen LogP contribution in [0.25, 0.3) is 5.65 Å². The normalized spacial score (nSPS) is 13.4. The standard InChI is InChI=1S/C16H15N7O4/c1-21-12(10(8-17-21)15(25)22-4-2-5-22)14(24)18-9-3-6-23-11(7-9)19-13(20-23)16(26)27/h3,6-8H,2,4-5H2,1H3,(H,18,24)(H,26,27). The molecule has 0 spiro atoms. The summed E-state index contributed by atoms with van der Waals surface area (Å²) in [5.41, 5.74) is 1.05. The lowest BCUT2D eigenvalue weighted by Crippen LogP contribution is -2.42. The van der Waals surface area contributed by atoms with E-state index >= 15 is 0 Å². The summed E-state index contributed by atoms with van der Waals surface area (Å²) in [5.74, 6) is -2.31. The smallest absolute Gasteiger partial charge is 0.375 e. The van der Waals surface area contributed by atoms with E-state index in [0.29, 0.717) is 18.8 Å². The maximum Gasteiger partial charge on any atom is 0.375 e. The molecule has 3 aromatic rings. The van der Waals surface area contributed by atoms with Gasteiger partial charge in [0, 0.05) is 38.1 Å². The number of nitrogens with one attached hydrogen (secondary N) is 1. The zero-order chi connectivity index (χ0) is 19.1. The van der Waals surface area contributed by atoms with Crippen molar-refractivity contribution in [2.24, 2.45) is 7.05 Å². The van der Waals surface area contributed by atoms with E-state index in [1.165, 1.54) is 27.7 Å². The second kappa shape index (κ2) is 6.20. The number of hydrogen-bond donors (Lipinski definition) is 2. The molecule has 11 heteroatoms. The molecule has 1 aliphatic heterocycles. The number of aryl methyl sites for hydroxylation is 1. The zero-order valence-corrected chi connectivity index (χ0v) is 14.3. The Morgan fingerprint density at radius 2 is 2.04 bits per heavy atom. The van der Waals surface area contributed by atoms with Crippen LogP contribution in [0.3, 0.4) is 0 Å². The number of amides is 2. The number of rotatable bonds is 4. The predicted octanol–water partition coefficient (Wildman–Crippen LogP) is 0.259. The minimum absolute atomic E-state index is 0.152. The zero-order valence-electron chi connectivity index (χ0n) is 14.3. The average Bonchev–Trinajstić information content (AvgIpc) is 3.16. The van der Waals surface area contributed by atoms with E-state index in [1.54, 1.807) is 18.0 Å². The molecule has 2 amide bonds. The van der Waals surface area contributed by atoms with Gasteiger partial charge in [-0.15, -0.1) is 5.10 Å². The number of fused-ring (bicyclic) bond motifs is 1. The molecule has 11 nitrogen and oxygen atoms in total. The van der Waals surface area contributed by atoms with Crippen molar-refractivity contribution in [1.29, 1.82) is 0 Å². The third-order valence-corrected chi connectivity index (χ3v) is 4.31. The van der Waals surface area contributed by atoms with Crippen molar-refractivity contribution < 1.29 is 19.5 Å². The highest BCUT2D eigenvalue weighted by atomic mass is 16.4. The van der Waals surface area contributed by atoms with Crippen molar-refractivity contribution in [3.8, 4) is 0 Å². The molecule has 1 aliphatic rings. The topological polar surface area (TPSA) is 135 Å². The second-order valence-electron chi connectivity index (χ2n) is 6.09. The largest absolute Gasteiger partial charge is 0.475 e. The quantitative estimate of drug-likeness (QED) is 0.673. The number of anilines is 1. The molecule has 2 N–H and O–H groups in total. The number of aromatic nitrogens is 5. The molecule has 0 aliphatic carbocycles. The van der Waals surface area contributed by atoms with E-state index in [1.807, 2.05) is 0 Å². The molecule has 1 saturated heterocycles. The van der Waals surface area contributed by atoms with Crippen LogP contribution < -0.4 is 5.32 Å². The SMILES string of the molecule is Cn1ncc(C(=O)N2CCC2)c1C(=O)Nc1ccn2nc(C(=O)O)nc2c1. The molecule has 0 unspecified atom stereocenters. The maximum absolute atomic E-state index is 12.7. The third kappa shape index (κ3) is 2.88. The van der Waals surface area contributed by atoms with Crippen LogP contribution in [0.5, 0.6) is 0 Å². The molecule has 0 bridgehead atoms. The Balaban J connectivity index is 1.61. The second-order valence-corrected chi connectivity index (χ2v) is 6.09. The average molecular weight is 369 g/mol. The number of carbonyl (C=O) groups is 3. The molecule has 1 fully saturated rings. The molecule has 0 aromatic carbocycles. The molecule has 138 valence electrons. The fourth-order valence-corrected chi connectivity index (χ4v) is 2.79. The Labute approximate surface area is 152 Å². The first-order valence-corrected chi connectivity index (χ1v) is 8.16. The number of carbonyl (C=O) groups excluding carboxylic acids is 2. The van der Waals surface area contributed by atoms with Gasteiger partial charge in [-0.25, -0.2) is 14.3 Å². The summed E-state index contributed by atoms with van der Waals surface area (Å²) in [6, 6.07) is 3.04. The molecular formula is C16H15N7O4. The van der Waals surface area contributed by atoms with Crippen LogP contribution in [0.4, 0.5) is 5.69 Å². The predicted molar refractivity (Wildman–Crippen MR) is 91.6 cm³/mol. The monoisotopic (exact) mass is 369 g/mol. The van der Waals surface area contributed by atoms with E-state index in [9.17, 15) is 14.4 Å². The molecule has 4 rings (SSSR count). The van der Waals surface area contributed by atoms with Gasteiger partial charge in [-0.05, 0) is 12.5 Å². The van der Waals surface area contributed by atoms with E-state index < -0.39 is 11.9 Å². The molecule has 3 aromatic heterocycles. The van der Waals surface area contributed by atoms with Crippen molar-refractivity contribution in [2.45, 2.75) is 6.42 Å². The lowest BCUT2D eigenvalue weighted by molar-refractivity contribution is 0.0646. The van der Waals surface area contributed by atoms with Crippen molar-refractivity contribution in [2.75, 3.05) is 18.4 Å². The van der Waals surface area contributed by atoms with Crippen molar-refractivity contribution in [3.05, 3.63) is 41.6 Å². The summed E-state index contributed by atoms with van der Waals surface area (Å²) in [4.78, 5) is 41.7. The molecule has 0 saturated carbocycles. The Bertz CT molecular complexity index is 1080. The lowest BCUT2D eigenvalue weighted by atomic mass is 10.1. The molecule has 0 atom stereocenters. The number of aromatic carboxylic acids is 1. The minimum Gasteiger partial charge on any atom is -0.475 e. The highest BCUT2D eigenvalue weighted by Crippen LogP contribution is 2.18. The molecule has 27 heavy (non-hydrogen) atoms. The summed E-state index contributed by atoms with van der Waals surface area (Å²) in [7, 11) is 1.59. The number of likely N-dealkylation sites (tertiary alicyclic amines) is 1. The third-order valence-electron chi connectivity index (χ3n) is 4.31. The first-order valence-electron chi connectivity index (χ1n) is 8.16. The Hall–Kier alpha value is -3.76. The van der Waals surface area contributed by atoms with Crippen LogP contribution in [0, 0.1) is 0 Å². The van der Waals surface area contributed by atoms with Crippen LogP contribution >= 0.6 is 0 Å². The first kappa shape index (κ1) is 16.7. The summed E-state index contributed by atoms with van der Waals surface area (Å²) in [6.07, 6.45) is 3.82. The van der Waals surface area contributed by atoms with Crippen LogP contribution in [0.2, 0.25) is 0 Å². The van der Waals surface area contributed by atoms with Crippen molar-refractivity contribution >= 4 is 29.1 Å². The summed E-state index contributed by atoms with van der Waals surface area (Å²) >= 11 is 0. The van der Waals surface area contributed by atoms with Gasteiger partial charge in [0.25, 0.3) is 17.6 Å². The number of nitrogens with zero attached hydrogens (tertiary/aromatic N) is 6. The van der Waals surface area contributed by atoms with Gasteiger partial charge >= 0.3 is 5.97 Å². The highest BCUT2D eigenvalue weighted by molar-refractivity contribution is 6.11. The van der Waals surface area contributed by atoms with Crippen molar-refractivity contribution in [1.82, 2.24) is 29.3 Å². The van der Waals surface area contributed by atoms with Gasteiger partial charge in [-0.1, -0.05) is 0 Å². The van der Waals surface area contributed by atoms with E-state index in [-0.39, 0.29) is 28.6 Å².